The van der Waals surface area contributed by atoms with Gasteiger partial charge in [-0.3, -0.25) is 5.32 Å². The van der Waals surface area contributed by atoms with Gasteiger partial charge in [0.2, 0.25) is 5.79 Å². The van der Waals surface area contributed by atoms with Gasteiger partial charge in [0, 0.05) is 22.7 Å². The van der Waals surface area contributed by atoms with Crippen molar-refractivity contribution in [1.82, 2.24) is 20.3 Å². The Kier molecular flexibility index (Phi) is 3.58. The summed E-state index contributed by atoms with van der Waals surface area (Å²) in [6.45, 7) is 2.05. The minimum Gasteiger partial charge on any atom is -0.361 e. The summed E-state index contributed by atoms with van der Waals surface area (Å²) in [6.07, 6.45) is 4.01. The van der Waals surface area contributed by atoms with Crippen molar-refractivity contribution in [2.24, 2.45) is 0 Å². The second-order valence-corrected chi connectivity index (χ2v) is 7.54. The van der Waals surface area contributed by atoms with Crippen LogP contribution in [0.3, 0.4) is 0 Å². The Labute approximate surface area is 161 Å². The minimum atomic E-state index is -1.97. The molecule has 28 heavy (non-hydrogen) atoms. The zero-order chi connectivity index (χ0) is 19.5. The Bertz CT molecular complexity index is 1260. The van der Waals surface area contributed by atoms with Crippen molar-refractivity contribution in [2.45, 2.75) is 31.5 Å². The molecule has 2 aromatic heterocycles. The summed E-state index contributed by atoms with van der Waals surface area (Å²) in [7, 11) is 1.61. The third kappa shape index (κ3) is 2.36. The average Bonchev–Trinajstić information content (AvgIpc) is 3.27. The summed E-state index contributed by atoms with van der Waals surface area (Å²) in [6, 6.07) is 11.3. The van der Waals surface area contributed by atoms with E-state index in [9.17, 15) is 0 Å². The maximum atomic E-state index is 16.7. The first-order chi connectivity index (χ1) is 13.5. The first kappa shape index (κ1) is 17.0. The van der Waals surface area contributed by atoms with E-state index in [0.717, 1.165) is 34.9 Å². The molecule has 6 heteroatoms. The van der Waals surface area contributed by atoms with Gasteiger partial charge in [-0.2, -0.15) is 5.26 Å². The Balaban J connectivity index is 1.79. The van der Waals surface area contributed by atoms with Crippen molar-refractivity contribution in [1.29, 1.82) is 5.26 Å². The van der Waals surface area contributed by atoms with Gasteiger partial charge in [0.1, 0.15) is 0 Å². The summed E-state index contributed by atoms with van der Waals surface area (Å²) >= 11 is 0. The number of nitriles is 1. The van der Waals surface area contributed by atoms with Crippen LogP contribution in [0.25, 0.3) is 21.9 Å². The summed E-state index contributed by atoms with van der Waals surface area (Å²) < 4.78 is 16.7. The third-order valence-electron chi connectivity index (χ3n) is 5.71. The molecule has 0 amide bonds. The van der Waals surface area contributed by atoms with Gasteiger partial charge in [-0.1, -0.05) is 6.07 Å². The lowest BCUT2D eigenvalue weighted by Crippen LogP contribution is -2.38. The topological polar surface area (TPSA) is 80.3 Å². The molecule has 4 aromatic rings. The molecular formula is C22H20FN5. The second kappa shape index (κ2) is 5.91. The van der Waals surface area contributed by atoms with Crippen LogP contribution in [0.5, 0.6) is 0 Å². The van der Waals surface area contributed by atoms with Crippen LogP contribution in [-0.2, 0) is 5.79 Å². The monoisotopic (exact) mass is 373 g/mol. The minimum absolute atomic E-state index is 0.202. The van der Waals surface area contributed by atoms with Crippen LogP contribution < -0.4 is 5.32 Å². The normalized spacial score (nSPS) is 16.4. The Morgan fingerprint density at radius 1 is 1.29 bits per heavy atom. The van der Waals surface area contributed by atoms with Crippen LogP contribution >= 0.6 is 0 Å². The number of nitrogens with zero attached hydrogens (tertiary/aromatic N) is 2. The number of hydrogen-bond acceptors (Lipinski definition) is 3. The molecule has 5 nitrogen and oxygen atoms in total. The predicted molar refractivity (Wildman–Crippen MR) is 107 cm³/mol. The molecule has 5 rings (SSSR count). The Morgan fingerprint density at radius 3 is 2.82 bits per heavy atom. The standard InChI is InChI=1S/C22H20FN5/c1-12-9-16(14-4-5-14)19(15-7-8-26-20(12)15)22(23,25-2)21-27-17-6-3-13(11-24)10-18(17)28-21/h3,6-10,14,25-26H,4-5H2,1-2H3,(H,27,28). The number of aromatic amines is 2. The molecule has 1 atom stereocenters. The fourth-order valence-corrected chi connectivity index (χ4v) is 4.14. The number of halogens is 1. The number of imidazole rings is 1. The summed E-state index contributed by atoms with van der Waals surface area (Å²) in [5.41, 5.74) is 5.53. The van der Waals surface area contributed by atoms with Gasteiger partial charge in [0.05, 0.1) is 22.7 Å². The van der Waals surface area contributed by atoms with E-state index in [4.69, 9.17) is 5.26 Å². The van der Waals surface area contributed by atoms with E-state index in [2.05, 4.69) is 39.3 Å². The maximum Gasteiger partial charge on any atom is 0.246 e. The first-order valence-electron chi connectivity index (χ1n) is 9.44. The molecule has 0 aliphatic heterocycles. The van der Waals surface area contributed by atoms with Crippen LogP contribution in [0.2, 0.25) is 0 Å². The number of aromatic nitrogens is 3. The number of aryl methyl sites for hydroxylation is 1. The second-order valence-electron chi connectivity index (χ2n) is 7.54. The van der Waals surface area contributed by atoms with E-state index in [0.29, 0.717) is 28.1 Å². The molecule has 2 aromatic carbocycles. The van der Waals surface area contributed by atoms with Crippen LogP contribution in [0, 0.1) is 18.3 Å². The van der Waals surface area contributed by atoms with E-state index < -0.39 is 5.79 Å². The van der Waals surface area contributed by atoms with Crippen molar-refractivity contribution >= 4 is 21.9 Å². The lowest BCUT2D eigenvalue weighted by Gasteiger charge is -2.27. The summed E-state index contributed by atoms with van der Waals surface area (Å²) in [5.74, 6) is -1.39. The van der Waals surface area contributed by atoms with Gasteiger partial charge in [-0.25, -0.2) is 9.37 Å². The van der Waals surface area contributed by atoms with E-state index in [1.54, 1.807) is 25.2 Å². The number of alkyl halides is 1. The number of H-pyrrole nitrogens is 2. The zero-order valence-corrected chi connectivity index (χ0v) is 15.7. The largest absolute Gasteiger partial charge is 0.361 e. The number of nitrogens with one attached hydrogen (secondary N) is 3. The Hall–Kier alpha value is -3.17. The molecule has 140 valence electrons. The van der Waals surface area contributed by atoms with Gasteiger partial charge in [0.25, 0.3) is 0 Å². The van der Waals surface area contributed by atoms with Gasteiger partial charge in [-0.15, -0.1) is 0 Å². The fraction of sp³-hybridized carbons (Fsp3) is 0.273. The third-order valence-corrected chi connectivity index (χ3v) is 5.71. The zero-order valence-electron chi connectivity index (χ0n) is 15.7. The van der Waals surface area contributed by atoms with Crippen molar-refractivity contribution in [3.8, 4) is 6.07 Å². The van der Waals surface area contributed by atoms with Gasteiger partial charge >= 0.3 is 0 Å². The van der Waals surface area contributed by atoms with Gasteiger partial charge in [0.15, 0.2) is 5.82 Å². The fourth-order valence-electron chi connectivity index (χ4n) is 4.14. The van der Waals surface area contributed by atoms with E-state index in [1.165, 1.54) is 0 Å². The SMILES string of the molecule is CNC(F)(c1nc2ccc(C#N)cc2[nH]1)c1c(C2CC2)cc(C)c2[nH]ccc12. The van der Waals surface area contributed by atoms with Crippen molar-refractivity contribution in [3.05, 3.63) is 64.6 Å². The number of fused-ring (bicyclic) bond motifs is 2. The molecule has 0 bridgehead atoms. The smallest absolute Gasteiger partial charge is 0.246 e. The molecule has 0 spiro atoms. The molecule has 1 saturated carbocycles. The highest BCUT2D eigenvalue weighted by Crippen LogP contribution is 2.48. The summed E-state index contributed by atoms with van der Waals surface area (Å²) in [5, 5.41) is 12.9. The van der Waals surface area contributed by atoms with Gasteiger partial charge < -0.3 is 9.97 Å². The average molecular weight is 373 g/mol. The molecule has 0 radical (unpaired) electrons. The lowest BCUT2D eigenvalue weighted by molar-refractivity contribution is 0.170. The molecule has 3 N–H and O–H groups in total. The van der Waals surface area contributed by atoms with Crippen molar-refractivity contribution in [2.75, 3.05) is 7.05 Å². The molecule has 1 unspecified atom stereocenters. The van der Waals surface area contributed by atoms with Crippen LogP contribution in [0.4, 0.5) is 4.39 Å². The summed E-state index contributed by atoms with van der Waals surface area (Å²) in [4.78, 5) is 10.9. The number of hydrogen-bond donors (Lipinski definition) is 3. The lowest BCUT2D eigenvalue weighted by atomic mass is 9.89. The molecular weight excluding hydrogens is 353 g/mol. The van der Waals surface area contributed by atoms with Crippen LogP contribution in [0.15, 0.2) is 36.5 Å². The van der Waals surface area contributed by atoms with Crippen LogP contribution in [0.1, 0.15) is 46.8 Å². The number of benzene rings is 2. The molecule has 1 fully saturated rings. The predicted octanol–water partition coefficient (Wildman–Crippen LogP) is 4.49. The quantitative estimate of drug-likeness (QED) is 0.461. The molecule has 1 aliphatic rings. The highest BCUT2D eigenvalue weighted by molar-refractivity contribution is 5.89. The molecule has 2 heterocycles. The molecule has 1 aliphatic carbocycles. The van der Waals surface area contributed by atoms with E-state index in [-0.39, 0.29) is 5.82 Å². The first-order valence-corrected chi connectivity index (χ1v) is 9.44. The van der Waals surface area contributed by atoms with E-state index >= 15 is 4.39 Å². The highest BCUT2D eigenvalue weighted by atomic mass is 19.1. The highest BCUT2D eigenvalue weighted by Gasteiger charge is 2.42. The Morgan fingerprint density at radius 2 is 2.11 bits per heavy atom. The number of rotatable bonds is 4. The maximum absolute atomic E-state index is 16.7. The van der Waals surface area contributed by atoms with Crippen LogP contribution in [-0.4, -0.2) is 22.0 Å². The molecule has 0 saturated heterocycles. The van der Waals surface area contributed by atoms with Crippen molar-refractivity contribution < 1.29 is 4.39 Å². The van der Waals surface area contributed by atoms with Crippen molar-refractivity contribution in [3.63, 3.8) is 0 Å². The van der Waals surface area contributed by atoms with Gasteiger partial charge in [-0.05, 0) is 68.1 Å². The van der Waals surface area contributed by atoms with E-state index in [1.807, 2.05) is 12.3 Å².